The summed E-state index contributed by atoms with van der Waals surface area (Å²) in [5, 5.41) is 3.36. The molecule has 1 fully saturated rings. The molecular weight excluding hydrogens is 288 g/mol. The topological polar surface area (TPSA) is 49.6 Å². The molecule has 0 saturated carbocycles. The Morgan fingerprint density at radius 3 is 3.05 bits per heavy atom. The molecule has 114 valence electrons. The van der Waals surface area contributed by atoms with Gasteiger partial charge < -0.3 is 5.32 Å². The molecule has 5 nitrogen and oxygen atoms in total. The number of rotatable bonds is 3. The molecule has 1 aliphatic heterocycles. The van der Waals surface area contributed by atoms with Gasteiger partial charge in [0.15, 0.2) is 0 Å². The number of nitrogens with zero attached hydrogens (tertiary/aromatic N) is 3. The van der Waals surface area contributed by atoms with Gasteiger partial charge in [-0.25, -0.2) is 4.98 Å². The highest BCUT2D eigenvalue weighted by molar-refractivity contribution is 5.85. The first kappa shape index (κ1) is 15.9. The summed E-state index contributed by atoms with van der Waals surface area (Å²) in [6, 6.07) is 6.04. The summed E-state index contributed by atoms with van der Waals surface area (Å²) >= 11 is 0. The Bertz CT molecular complexity index is 679. The summed E-state index contributed by atoms with van der Waals surface area (Å²) in [6.07, 6.45) is 2.92. The van der Waals surface area contributed by atoms with E-state index in [9.17, 15) is 4.79 Å². The highest BCUT2D eigenvalue weighted by Gasteiger charge is 2.19. The van der Waals surface area contributed by atoms with Gasteiger partial charge in [0.05, 0.1) is 5.69 Å². The zero-order chi connectivity index (χ0) is 14.1. The fourth-order valence-electron chi connectivity index (χ4n) is 2.79. The third kappa shape index (κ3) is 3.26. The Kier molecular flexibility index (Phi) is 4.98. The van der Waals surface area contributed by atoms with Crippen LogP contribution in [0.15, 0.2) is 29.2 Å². The third-order valence-electron chi connectivity index (χ3n) is 4.01. The SMILES string of the molecule is Cc1cccn2c(=O)cc(CN(C)C3CCNC3)nc12.Cl. The molecule has 2 aromatic rings. The van der Waals surface area contributed by atoms with Crippen molar-refractivity contribution in [2.45, 2.75) is 25.9 Å². The van der Waals surface area contributed by atoms with E-state index < -0.39 is 0 Å². The molecule has 1 atom stereocenters. The lowest BCUT2D eigenvalue weighted by Crippen LogP contribution is -2.33. The first-order valence-corrected chi connectivity index (χ1v) is 7.04. The molecule has 1 unspecified atom stereocenters. The Balaban J connectivity index is 0.00000161. The van der Waals surface area contributed by atoms with E-state index in [4.69, 9.17) is 0 Å². The number of hydrogen-bond acceptors (Lipinski definition) is 4. The highest BCUT2D eigenvalue weighted by Crippen LogP contribution is 2.11. The smallest absolute Gasteiger partial charge is 0.258 e. The van der Waals surface area contributed by atoms with Crippen molar-refractivity contribution < 1.29 is 0 Å². The third-order valence-corrected chi connectivity index (χ3v) is 4.01. The predicted octanol–water partition coefficient (Wildman–Crippen LogP) is 1.22. The minimum Gasteiger partial charge on any atom is -0.315 e. The fourth-order valence-corrected chi connectivity index (χ4v) is 2.79. The highest BCUT2D eigenvalue weighted by atomic mass is 35.5. The van der Waals surface area contributed by atoms with Crippen LogP contribution in [0.4, 0.5) is 0 Å². The number of nitrogens with one attached hydrogen (secondary N) is 1. The van der Waals surface area contributed by atoms with E-state index in [-0.39, 0.29) is 18.0 Å². The van der Waals surface area contributed by atoms with Crippen LogP contribution < -0.4 is 10.9 Å². The minimum absolute atomic E-state index is 0. The summed E-state index contributed by atoms with van der Waals surface area (Å²) < 4.78 is 1.61. The molecule has 0 bridgehead atoms. The zero-order valence-corrected chi connectivity index (χ0v) is 13.2. The van der Waals surface area contributed by atoms with Gasteiger partial charge in [-0.3, -0.25) is 14.1 Å². The van der Waals surface area contributed by atoms with E-state index in [1.165, 1.54) is 0 Å². The molecule has 3 heterocycles. The van der Waals surface area contributed by atoms with Gasteiger partial charge in [0.25, 0.3) is 5.56 Å². The Morgan fingerprint density at radius 2 is 2.33 bits per heavy atom. The molecule has 1 aliphatic rings. The lowest BCUT2D eigenvalue weighted by atomic mass is 10.2. The molecule has 2 aromatic heterocycles. The van der Waals surface area contributed by atoms with Gasteiger partial charge in [-0.15, -0.1) is 12.4 Å². The number of fused-ring (bicyclic) bond motifs is 1. The fraction of sp³-hybridized carbons (Fsp3) is 0.467. The average Bonchev–Trinajstić information content (AvgIpc) is 2.94. The lowest BCUT2D eigenvalue weighted by Gasteiger charge is -2.23. The van der Waals surface area contributed by atoms with Crippen molar-refractivity contribution in [2.24, 2.45) is 0 Å². The molecule has 0 amide bonds. The normalized spacial score (nSPS) is 18.1. The molecule has 0 radical (unpaired) electrons. The first-order valence-electron chi connectivity index (χ1n) is 7.04. The number of halogens is 1. The number of aryl methyl sites for hydroxylation is 1. The Labute approximate surface area is 130 Å². The van der Waals surface area contributed by atoms with Crippen LogP contribution in [0.5, 0.6) is 0 Å². The molecular formula is C15H21ClN4O. The standard InChI is InChI=1S/C15H20N4O.ClH/c1-11-4-3-7-19-14(20)8-12(17-15(11)19)10-18(2)13-5-6-16-9-13;/h3-4,7-8,13,16H,5-6,9-10H2,1-2H3;1H. The Hall–Kier alpha value is -1.43. The van der Waals surface area contributed by atoms with Crippen molar-refractivity contribution in [2.75, 3.05) is 20.1 Å². The van der Waals surface area contributed by atoms with Crippen molar-refractivity contribution in [3.8, 4) is 0 Å². The van der Waals surface area contributed by atoms with Crippen molar-refractivity contribution >= 4 is 18.1 Å². The monoisotopic (exact) mass is 308 g/mol. The van der Waals surface area contributed by atoms with Gasteiger partial charge in [-0.05, 0) is 38.6 Å². The van der Waals surface area contributed by atoms with Gasteiger partial charge in [0, 0.05) is 31.4 Å². The molecule has 0 aliphatic carbocycles. The maximum Gasteiger partial charge on any atom is 0.258 e. The molecule has 21 heavy (non-hydrogen) atoms. The van der Waals surface area contributed by atoms with Crippen molar-refractivity contribution in [1.29, 1.82) is 0 Å². The van der Waals surface area contributed by atoms with Crippen LogP contribution in [0.3, 0.4) is 0 Å². The van der Waals surface area contributed by atoms with E-state index in [1.807, 2.05) is 19.1 Å². The minimum atomic E-state index is -0.00773. The number of pyridine rings is 1. The summed E-state index contributed by atoms with van der Waals surface area (Å²) in [4.78, 5) is 19.1. The van der Waals surface area contributed by atoms with E-state index in [0.29, 0.717) is 12.6 Å². The molecule has 1 N–H and O–H groups in total. The van der Waals surface area contributed by atoms with Crippen LogP contribution in [0, 0.1) is 6.92 Å². The summed E-state index contributed by atoms with van der Waals surface area (Å²) in [7, 11) is 2.10. The van der Waals surface area contributed by atoms with Crippen molar-refractivity contribution in [1.82, 2.24) is 19.6 Å². The molecule has 0 aromatic carbocycles. The van der Waals surface area contributed by atoms with Gasteiger partial charge >= 0.3 is 0 Å². The second kappa shape index (κ2) is 6.56. The zero-order valence-electron chi connectivity index (χ0n) is 12.4. The predicted molar refractivity (Wildman–Crippen MR) is 86.2 cm³/mol. The molecule has 1 saturated heterocycles. The lowest BCUT2D eigenvalue weighted by molar-refractivity contribution is 0.246. The average molecular weight is 309 g/mol. The van der Waals surface area contributed by atoms with E-state index in [0.717, 1.165) is 36.4 Å². The largest absolute Gasteiger partial charge is 0.315 e. The number of hydrogen-bond donors (Lipinski definition) is 1. The summed E-state index contributed by atoms with van der Waals surface area (Å²) in [5.41, 5.74) is 2.62. The van der Waals surface area contributed by atoms with Crippen LogP contribution >= 0.6 is 12.4 Å². The maximum atomic E-state index is 12.1. The number of aromatic nitrogens is 2. The van der Waals surface area contributed by atoms with Crippen LogP contribution in [0.2, 0.25) is 0 Å². The number of likely N-dealkylation sites (N-methyl/N-ethyl adjacent to an activating group) is 1. The second-order valence-electron chi connectivity index (χ2n) is 5.53. The van der Waals surface area contributed by atoms with Crippen molar-refractivity contribution in [3.05, 3.63) is 46.0 Å². The van der Waals surface area contributed by atoms with Crippen LogP contribution in [-0.2, 0) is 6.54 Å². The quantitative estimate of drug-likeness (QED) is 0.926. The van der Waals surface area contributed by atoms with Crippen LogP contribution in [-0.4, -0.2) is 40.5 Å². The Morgan fingerprint density at radius 1 is 1.52 bits per heavy atom. The van der Waals surface area contributed by atoms with Crippen LogP contribution in [0.1, 0.15) is 17.7 Å². The van der Waals surface area contributed by atoms with E-state index >= 15 is 0 Å². The van der Waals surface area contributed by atoms with Gasteiger partial charge in [0.2, 0.25) is 0 Å². The summed E-state index contributed by atoms with van der Waals surface area (Å²) in [6.45, 7) is 4.78. The molecule has 3 rings (SSSR count). The van der Waals surface area contributed by atoms with Crippen molar-refractivity contribution in [3.63, 3.8) is 0 Å². The second-order valence-corrected chi connectivity index (χ2v) is 5.53. The van der Waals surface area contributed by atoms with Gasteiger partial charge in [-0.1, -0.05) is 6.07 Å². The van der Waals surface area contributed by atoms with Gasteiger partial charge in [0.1, 0.15) is 5.65 Å². The van der Waals surface area contributed by atoms with Gasteiger partial charge in [-0.2, -0.15) is 0 Å². The van der Waals surface area contributed by atoms with E-state index in [2.05, 4.69) is 22.2 Å². The molecule has 0 spiro atoms. The first-order chi connectivity index (χ1) is 9.65. The summed E-state index contributed by atoms with van der Waals surface area (Å²) in [5.74, 6) is 0. The van der Waals surface area contributed by atoms with Crippen LogP contribution in [0.25, 0.3) is 5.65 Å². The maximum absolute atomic E-state index is 12.1. The molecule has 6 heteroatoms. The van der Waals surface area contributed by atoms with E-state index in [1.54, 1.807) is 16.7 Å².